The van der Waals surface area contributed by atoms with Gasteiger partial charge in [-0.2, -0.15) is 13.2 Å². The first-order valence-corrected chi connectivity index (χ1v) is 5.11. The Hall–Kier alpha value is -1.32. The molecule has 0 saturated heterocycles. The number of Topliss-reactive ketones (excluding diaryl/α,β-unsaturated/α-hetero) is 1. The van der Waals surface area contributed by atoms with Gasteiger partial charge in [0.1, 0.15) is 0 Å². The fraction of sp³-hybridized carbons (Fsp3) is 0.417. The van der Waals surface area contributed by atoms with E-state index >= 15 is 0 Å². The van der Waals surface area contributed by atoms with E-state index in [-0.39, 0.29) is 22.8 Å². The molecule has 1 nitrogen and oxygen atoms in total. The highest BCUT2D eigenvalue weighted by Crippen LogP contribution is 2.36. The molecule has 0 amide bonds. The van der Waals surface area contributed by atoms with Crippen LogP contribution in [0.2, 0.25) is 0 Å². The number of carbonyl (C=O) groups excluding carboxylic acids is 1. The van der Waals surface area contributed by atoms with Gasteiger partial charge in [0, 0.05) is 11.5 Å². The number of halogens is 3. The lowest BCUT2D eigenvalue weighted by Gasteiger charge is -2.11. The van der Waals surface area contributed by atoms with Crippen LogP contribution < -0.4 is 0 Å². The fourth-order valence-electron chi connectivity index (χ4n) is 1.66. The average Bonchev–Trinajstić information content (AvgIpc) is 2.98. The normalized spacial score (nSPS) is 16.2. The van der Waals surface area contributed by atoms with Gasteiger partial charge in [-0.25, -0.2) is 0 Å². The van der Waals surface area contributed by atoms with Crippen LogP contribution in [0.3, 0.4) is 0 Å². The molecule has 0 aliphatic heterocycles. The Bertz CT molecular complexity index is 430. The Balaban J connectivity index is 2.38. The van der Waals surface area contributed by atoms with Crippen molar-refractivity contribution >= 4 is 5.78 Å². The van der Waals surface area contributed by atoms with Crippen LogP contribution in [-0.2, 0) is 6.18 Å². The van der Waals surface area contributed by atoms with Crippen molar-refractivity contribution in [1.82, 2.24) is 0 Å². The smallest absolute Gasteiger partial charge is 0.294 e. The van der Waals surface area contributed by atoms with E-state index < -0.39 is 11.7 Å². The Labute approximate surface area is 91.3 Å². The van der Waals surface area contributed by atoms with Crippen molar-refractivity contribution in [2.45, 2.75) is 25.9 Å². The molecule has 2 rings (SSSR count). The first kappa shape index (κ1) is 11.2. The molecule has 4 heteroatoms. The molecule has 0 radical (unpaired) electrons. The summed E-state index contributed by atoms with van der Waals surface area (Å²) in [6, 6.07) is 3.81. The molecule has 0 atom stereocenters. The third-order valence-electron chi connectivity index (χ3n) is 2.78. The fourth-order valence-corrected chi connectivity index (χ4v) is 1.66. The highest BCUT2D eigenvalue weighted by Gasteiger charge is 2.35. The first-order valence-electron chi connectivity index (χ1n) is 5.11. The van der Waals surface area contributed by atoms with Crippen molar-refractivity contribution in [2.75, 3.05) is 0 Å². The molecular weight excluding hydrogens is 217 g/mol. The number of ketones is 1. The monoisotopic (exact) mass is 228 g/mol. The molecular formula is C12H11F3O. The number of carbonyl (C=O) groups is 1. The van der Waals surface area contributed by atoms with Crippen molar-refractivity contribution in [3.63, 3.8) is 0 Å². The van der Waals surface area contributed by atoms with Gasteiger partial charge < -0.3 is 0 Å². The molecule has 0 unspecified atom stereocenters. The Kier molecular flexibility index (Phi) is 2.52. The second-order valence-electron chi connectivity index (χ2n) is 4.17. The molecule has 0 bridgehead atoms. The second-order valence-corrected chi connectivity index (χ2v) is 4.17. The molecule has 0 N–H and O–H groups in total. The van der Waals surface area contributed by atoms with Gasteiger partial charge >= 0.3 is 6.18 Å². The standard InChI is InChI=1S/C12H11F3O/c1-7-2-3-9(11(16)8-4-5-8)6-10(7)12(13,14)15/h2-3,6,8H,4-5H2,1H3. The molecule has 1 aliphatic carbocycles. The van der Waals surface area contributed by atoms with Crippen molar-refractivity contribution < 1.29 is 18.0 Å². The Morgan fingerprint density at radius 1 is 1.31 bits per heavy atom. The summed E-state index contributed by atoms with van der Waals surface area (Å²) in [5.41, 5.74) is -0.376. The summed E-state index contributed by atoms with van der Waals surface area (Å²) in [7, 11) is 0. The van der Waals surface area contributed by atoms with Crippen LogP contribution in [-0.4, -0.2) is 5.78 Å². The molecule has 0 heterocycles. The molecule has 1 saturated carbocycles. The van der Waals surface area contributed by atoms with Gasteiger partial charge in [-0.1, -0.05) is 12.1 Å². The summed E-state index contributed by atoms with van der Waals surface area (Å²) in [6.07, 6.45) is -2.79. The topological polar surface area (TPSA) is 17.1 Å². The van der Waals surface area contributed by atoms with E-state index in [1.54, 1.807) is 0 Å². The molecule has 1 aromatic rings. The third kappa shape index (κ3) is 2.10. The zero-order chi connectivity index (χ0) is 11.9. The first-order chi connectivity index (χ1) is 7.39. The summed E-state index contributed by atoms with van der Waals surface area (Å²) in [6.45, 7) is 1.40. The van der Waals surface area contributed by atoms with Crippen LogP contribution in [0, 0.1) is 12.8 Å². The lowest BCUT2D eigenvalue weighted by molar-refractivity contribution is -0.138. The highest BCUT2D eigenvalue weighted by atomic mass is 19.4. The molecule has 0 spiro atoms. The third-order valence-corrected chi connectivity index (χ3v) is 2.78. The van der Waals surface area contributed by atoms with Crippen molar-refractivity contribution in [3.8, 4) is 0 Å². The minimum Gasteiger partial charge on any atom is -0.294 e. The minimum atomic E-state index is -4.38. The number of hydrogen-bond donors (Lipinski definition) is 0. The van der Waals surface area contributed by atoms with Gasteiger partial charge in [0.05, 0.1) is 5.56 Å². The summed E-state index contributed by atoms with van der Waals surface area (Å²) in [5.74, 6) is -0.214. The van der Waals surface area contributed by atoms with E-state index in [2.05, 4.69) is 0 Å². The van der Waals surface area contributed by atoms with Crippen molar-refractivity contribution in [1.29, 1.82) is 0 Å². The van der Waals surface area contributed by atoms with Crippen molar-refractivity contribution in [2.24, 2.45) is 5.92 Å². The summed E-state index contributed by atoms with van der Waals surface area (Å²) < 4.78 is 37.8. The maximum Gasteiger partial charge on any atom is 0.416 e. The van der Waals surface area contributed by atoms with E-state index in [0.717, 1.165) is 18.9 Å². The zero-order valence-electron chi connectivity index (χ0n) is 8.77. The van der Waals surface area contributed by atoms with Gasteiger partial charge in [-0.05, 0) is 31.4 Å². The van der Waals surface area contributed by atoms with Gasteiger partial charge in [0.25, 0.3) is 0 Å². The lowest BCUT2D eigenvalue weighted by Crippen LogP contribution is -2.10. The molecule has 86 valence electrons. The molecule has 1 aliphatic rings. The maximum absolute atomic E-state index is 12.6. The summed E-state index contributed by atoms with van der Waals surface area (Å²) >= 11 is 0. The van der Waals surface area contributed by atoms with Crippen LogP contribution in [0.1, 0.15) is 34.3 Å². The van der Waals surface area contributed by atoms with Crippen LogP contribution in [0.4, 0.5) is 13.2 Å². The molecule has 0 aromatic heterocycles. The predicted octanol–water partition coefficient (Wildman–Crippen LogP) is 3.61. The Morgan fingerprint density at radius 2 is 1.94 bits per heavy atom. The molecule has 1 aromatic carbocycles. The quantitative estimate of drug-likeness (QED) is 0.707. The largest absolute Gasteiger partial charge is 0.416 e. The van der Waals surface area contributed by atoms with Crippen molar-refractivity contribution in [3.05, 3.63) is 34.9 Å². The van der Waals surface area contributed by atoms with Crippen LogP contribution in [0.25, 0.3) is 0 Å². The number of hydrogen-bond acceptors (Lipinski definition) is 1. The van der Waals surface area contributed by atoms with E-state index in [1.165, 1.54) is 19.1 Å². The molecule has 1 fully saturated rings. The molecule has 16 heavy (non-hydrogen) atoms. The SMILES string of the molecule is Cc1ccc(C(=O)C2CC2)cc1C(F)(F)F. The zero-order valence-corrected chi connectivity index (χ0v) is 8.77. The van der Waals surface area contributed by atoms with Gasteiger partial charge in [-0.15, -0.1) is 0 Å². The van der Waals surface area contributed by atoms with Crippen LogP contribution in [0.5, 0.6) is 0 Å². The second kappa shape index (κ2) is 3.61. The minimum absolute atomic E-state index is 0.0520. The number of rotatable bonds is 2. The van der Waals surface area contributed by atoms with Crippen LogP contribution >= 0.6 is 0 Å². The van der Waals surface area contributed by atoms with Gasteiger partial charge in [0.15, 0.2) is 5.78 Å². The number of aryl methyl sites for hydroxylation is 1. The van der Waals surface area contributed by atoms with E-state index in [1.807, 2.05) is 0 Å². The van der Waals surface area contributed by atoms with E-state index in [0.29, 0.717) is 0 Å². The van der Waals surface area contributed by atoms with E-state index in [9.17, 15) is 18.0 Å². The summed E-state index contributed by atoms with van der Waals surface area (Å²) in [5, 5.41) is 0. The maximum atomic E-state index is 12.6. The number of benzene rings is 1. The van der Waals surface area contributed by atoms with Gasteiger partial charge in [0.2, 0.25) is 0 Å². The number of alkyl halides is 3. The lowest BCUT2D eigenvalue weighted by atomic mass is 10.0. The predicted molar refractivity (Wildman–Crippen MR) is 53.2 cm³/mol. The Morgan fingerprint density at radius 3 is 2.44 bits per heavy atom. The highest BCUT2D eigenvalue weighted by molar-refractivity contribution is 5.99. The average molecular weight is 228 g/mol. The van der Waals surface area contributed by atoms with Crippen LogP contribution in [0.15, 0.2) is 18.2 Å². The summed E-state index contributed by atoms with van der Waals surface area (Å²) in [4.78, 5) is 11.6. The van der Waals surface area contributed by atoms with Gasteiger partial charge in [-0.3, -0.25) is 4.79 Å². The van der Waals surface area contributed by atoms with E-state index in [4.69, 9.17) is 0 Å².